The SMILES string of the molecule is CC[C@H](C)NC(=O)[C@@H](Cc1ccccc1)N(Cc1ccc(Br)cc1)C(=O)COc1cc(C)ccc1C. The Morgan fingerprint density at radius 3 is 2.33 bits per heavy atom. The molecule has 0 aliphatic heterocycles. The van der Waals surface area contributed by atoms with Crippen LogP contribution in [0.1, 0.15) is 42.5 Å². The van der Waals surface area contributed by atoms with E-state index in [1.165, 1.54) is 0 Å². The molecule has 36 heavy (non-hydrogen) atoms. The van der Waals surface area contributed by atoms with Gasteiger partial charge in [-0.25, -0.2) is 0 Å². The Morgan fingerprint density at radius 1 is 0.972 bits per heavy atom. The van der Waals surface area contributed by atoms with Crippen molar-refractivity contribution in [3.05, 3.63) is 99.5 Å². The topological polar surface area (TPSA) is 58.6 Å². The Balaban J connectivity index is 1.92. The number of hydrogen-bond acceptors (Lipinski definition) is 3. The molecule has 190 valence electrons. The Morgan fingerprint density at radius 2 is 1.67 bits per heavy atom. The van der Waals surface area contributed by atoms with Gasteiger partial charge in [0.1, 0.15) is 11.8 Å². The molecule has 3 aromatic carbocycles. The molecule has 0 spiro atoms. The van der Waals surface area contributed by atoms with Crippen LogP contribution in [0.3, 0.4) is 0 Å². The Hall–Kier alpha value is -3.12. The third-order valence-corrected chi connectivity index (χ3v) is 6.76. The number of halogens is 1. The molecule has 0 heterocycles. The third kappa shape index (κ3) is 7.95. The molecule has 0 fully saturated rings. The van der Waals surface area contributed by atoms with Crippen LogP contribution < -0.4 is 10.1 Å². The lowest BCUT2D eigenvalue weighted by molar-refractivity contribution is -0.143. The Kier molecular flexibility index (Phi) is 10.1. The second-order valence-electron chi connectivity index (χ2n) is 9.23. The van der Waals surface area contributed by atoms with E-state index in [0.717, 1.165) is 33.1 Å². The van der Waals surface area contributed by atoms with Gasteiger partial charge < -0.3 is 15.0 Å². The first-order valence-electron chi connectivity index (χ1n) is 12.3. The maximum atomic E-state index is 13.7. The highest BCUT2D eigenvalue weighted by atomic mass is 79.9. The molecule has 0 radical (unpaired) electrons. The predicted molar refractivity (Wildman–Crippen MR) is 148 cm³/mol. The standard InChI is InChI=1S/C30H35BrN2O3/c1-5-23(4)32-30(35)27(18-24-9-7-6-8-10-24)33(19-25-13-15-26(31)16-14-25)29(34)20-36-28-17-21(2)11-12-22(28)3/h6-17,23,27H,5,18-20H2,1-4H3,(H,32,35)/t23-,27+/m0/s1. The molecular weight excluding hydrogens is 516 g/mol. The van der Waals surface area contributed by atoms with Crippen LogP contribution in [0.15, 0.2) is 77.3 Å². The number of nitrogens with zero attached hydrogens (tertiary/aromatic N) is 1. The van der Waals surface area contributed by atoms with Crippen molar-refractivity contribution in [2.45, 2.75) is 59.2 Å². The largest absolute Gasteiger partial charge is 0.483 e. The van der Waals surface area contributed by atoms with Crippen molar-refractivity contribution in [2.75, 3.05) is 6.61 Å². The second kappa shape index (κ2) is 13.3. The monoisotopic (exact) mass is 550 g/mol. The van der Waals surface area contributed by atoms with Gasteiger partial charge >= 0.3 is 0 Å². The highest BCUT2D eigenvalue weighted by molar-refractivity contribution is 9.10. The van der Waals surface area contributed by atoms with Crippen molar-refractivity contribution >= 4 is 27.7 Å². The summed E-state index contributed by atoms with van der Waals surface area (Å²) in [6.45, 7) is 8.10. The zero-order valence-electron chi connectivity index (χ0n) is 21.5. The Bertz CT molecular complexity index is 1150. The number of aryl methyl sites for hydroxylation is 2. The van der Waals surface area contributed by atoms with Crippen molar-refractivity contribution in [1.82, 2.24) is 10.2 Å². The molecule has 3 rings (SSSR count). The average Bonchev–Trinajstić information content (AvgIpc) is 2.88. The minimum absolute atomic E-state index is 0.00611. The molecule has 0 saturated heterocycles. The van der Waals surface area contributed by atoms with Gasteiger partial charge in [0.25, 0.3) is 5.91 Å². The van der Waals surface area contributed by atoms with Gasteiger partial charge in [0.15, 0.2) is 6.61 Å². The quantitative estimate of drug-likeness (QED) is 0.318. The van der Waals surface area contributed by atoms with E-state index in [0.29, 0.717) is 18.7 Å². The molecule has 1 N–H and O–H groups in total. The molecule has 2 amide bonds. The predicted octanol–water partition coefficient (Wildman–Crippen LogP) is 6.00. The molecule has 5 nitrogen and oxygen atoms in total. The van der Waals surface area contributed by atoms with Gasteiger partial charge in [-0.05, 0) is 67.6 Å². The molecule has 0 aromatic heterocycles. The van der Waals surface area contributed by atoms with Crippen LogP contribution in [0.5, 0.6) is 5.75 Å². The normalized spacial score (nSPS) is 12.5. The summed E-state index contributed by atoms with van der Waals surface area (Å²) in [5.74, 6) is 0.278. The van der Waals surface area contributed by atoms with Gasteiger partial charge in [0.05, 0.1) is 0 Å². The van der Waals surface area contributed by atoms with E-state index < -0.39 is 6.04 Å². The molecule has 6 heteroatoms. The molecule has 3 aromatic rings. The van der Waals surface area contributed by atoms with E-state index in [1.807, 2.05) is 100 Å². The summed E-state index contributed by atoms with van der Waals surface area (Å²) in [6, 6.07) is 22.9. The van der Waals surface area contributed by atoms with Crippen LogP contribution in [0.4, 0.5) is 0 Å². The zero-order valence-corrected chi connectivity index (χ0v) is 23.0. The summed E-state index contributed by atoms with van der Waals surface area (Å²) in [4.78, 5) is 28.9. The van der Waals surface area contributed by atoms with Crippen LogP contribution in [0.2, 0.25) is 0 Å². The van der Waals surface area contributed by atoms with E-state index >= 15 is 0 Å². The maximum absolute atomic E-state index is 13.7. The first-order chi connectivity index (χ1) is 17.3. The minimum atomic E-state index is -0.681. The number of amides is 2. The highest BCUT2D eigenvalue weighted by Crippen LogP contribution is 2.21. The van der Waals surface area contributed by atoms with Gasteiger partial charge in [-0.1, -0.05) is 77.5 Å². The van der Waals surface area contributed by atoms with E-state index in [4.69, 9.17) is 4.74 Å². The molecule has 2 atom stereocenters. The highest BCUT2D eigenvalue weighted by Gasteiger charge is 2.31. The van der Waals surface area contributed by atoms with Crippen LogP contribution in [-0.2, 0) is 22.6 Å². The summed E-state index contributed by atoms with van der Waals surface area (Å²) in [7, 11) is 0. The average molecular weight is 552 g/mol. The number of benzene rings is 3. The van der Waals surface area contributed by atoms with Gasteiger partial charge in [-0.3, -0.25) is 9.59 Å². The van der Waals surface area contributed by atoms with E-state index in [9.17, 15) is 9.59 Å². The van der Waals surface area contributed by atoms with Crippen LogP contribution in [-0.4, -0.2) is 35.4 Å². The second-order valence-corrected chi connectivity index (χ2v) is 10.1. The molecule has 0 aliphatic carbocycles. The Labute approximate surface area is 223 Å². The number of hydrogen-bond donors (Lipinski definition) is 1. The van der Waals surface area contributed by atoms with Gasteiger partial charge in [0.2, 0.25) is 5.91 Å². The molecular formula is C30H35BrN2O3. The number of rotatable bonds is 11. The minimum Gasteiger partial charge on any atom is -0.483 e. The van der Waals surface area contributed by atoms with Gasteiger partial charge in [0, 0.05) is 23.5 Å². The lowest BCUT2D eigenvalue weighted by atomic mass is 10.0. The van der Waals surface area contributed by atoms with Gasteiger partial charge in [-0.15, -0.1) is 0 Å². The van der Waals surface area contributed by atoms with Crippen LogP contribution in [0.25, 0.3) is 0 Å². The fourth-order valence-electron chi connectivity index (χ4n) is 3.87. The lowest BCUT2D eigenvalue weighted by Gasteiger charge is -2.32. The summed E-state index contributed by atoms with van der Waals surface area (Å²) >= 11 is 3.47. The molecule has 0 saturated carbocycles. The fraction of sp³-hybridized carbons (Fsp3) is 0.333. The van der Waals surface area contributed by atoms with Crippen LogP contribution in [0, 0.1) is 13.8 Å². The first-order valence-corrected chi connectivity index (χ1v) is 13.1. The smallest absolute Gasteiger partial charge is 0.261 e. The van der Waals surface area contributed by atoms with Crippen molar-refractivity contribution in [2.24, 2.45) is 0 Å². The number of ether oxygens (including phenoxy) is 1. The zero-order chi connectivity index (χ0) is 26.1. The fourth-order valence-corrected chi connectivity index (χ4v) is 4.13. The first kappa shape index (κ1) is 27.5. The molecule has 0 aliphatic rings. The lowest BCUT2D eigenvalue weighted by Crippen LogP contribution is -2.53. The molecule has 0 unspecified atom stereocenters. The third-order valence-electron chi connectivity index (χ3n) is 6.23. The number of carbonyl (C=O) groups is 2. The summed E-state index contributed by atoms with van der Waals surface area (Å²) < 4.78 is 6.93. The van der Waals surface area contributed by atoms with Gasteiger partial charge in [-0.2, -0.15) is 0 Å². The van der Waals surface area contributed by atoms with Crippen molar-refractivity contribution in [3.63, 3.8) is 0 Å². The van der Waals surface area contributed by atoms with Crippen LogP contribution >= 0.6 is 15.9 Å². The number of carbonyl (C=O) groups excluding carboxylic acids is 2. The summed E-state index contributed by atoms with van der Waals surface area (Å²) in [6.07, 6.45) is 1.22. The van der Waals surface area contributed by atoms with E-state index in [1.54, 1.807) is 4.90 Å². The summed E-state index contributed by atoms with van der Waals surface area (Å²) in [5.41, 5.74) is 3.95. The van der Waals surface area contributed by atoms with Crippen molar-refractivity contribution < 1.29 is 14.3 Å². The van der Waals surface area contributed by atoms with Crippen molar-refractivity contribution in [1.29, 1.82) is 0 Å². The summed E-state index contributed by atoms with van der Waals surface area (Å²) in [5, 5.41) is 3.09. The number of nitrogens with one attached hydrogen (secondary N) is 1. The van der Waals surface area contributed by atoms with E-state index in [-0.39, 0.29) is 24.5 Å². The molecule has 0 bridgehead atoms. The maximum Gasteiger partial charge on any atom is 0.261 e. The van der Waals surface area contributed by atoms with E-state index in [2.05, 4.69) is 21.2 Å². The van der Waals surface area contributed by atoms with Crippen molar-refractivity contribution in [3.8, 4) is 5.75 Å².